The first-order valence-electron chi connectivity index (χ1n) is 7.33. The molecule has 0 saturated carbocycles. The van der Waals surface area contributed by atoms with Gasteiger partial charge in [-0.25, -0.2) is 0 Å². The second kappa shape index (κ2) is 7.85. The van der Waals surface area contributed by atoms with Gasteiger partial charge in [0.2, 0.25) is 0 Å². The lowest BCUT2D eigenvalue weighted by atomic mass is 10.2. The molecule has 0 aliphatic rings. The van der Waals surface area contributed by atoms with Crippen LogP contribution in [-0.4, -0.2) is 27.1 Å². The van der Waals surface area contributed by atoms with E-state index in [9.17, 15) is 0 Å². The lowest BCUT2D eigenvalue weighted by Gasteiger charge is -2.10. The summed E-state index contributed by atoms with van der Waals surface area (Å²) in [6.45, 7) is 4.88. The maximum atomic E-state index is 9.00. The Hall–Kier alpha value is -2.00. The highest BCUT2D eigenvalue weighted by molar-refractivity contribution is 8.00. The molecule has 0 bridgehead atoms. The van der Waals surface area contributed by atoms with E-state index in [-0.39, 0.29) is 5.25 Å². The van der Waals surface area contributed by atoms with Crippen molar-refractivity contribution in [1.29, 1.82) is 5.26 Å². The summed E-state index contributed by atoms with van der Waals surface area (Å²) in [6, 6.07) is 10.0. The third kappa shape index (κ3) is 3.80. The van der Waals surface area contributed by atoms with Crippen LogP contribution in [0.3, 0.4) is 0 Å². The first-order valence-corrected chi connectivity index (χ1v) is 8.21. The number of thioether (sulfide) groups is 1. The predicted octanol–water partition coefficient (Wildman–Crippen LogP) is 3.76. The van der Waals surface area contributed by atoms with Crippen molar-refractivity contribution in [2.45, 2.75) is 43.6 Å². The summed E-state index contributed by atoms with van der Waals surface area (Å²) in [5, 5.41) is 18.3. The summed E-state index contributed by atoms with van der Waals surface area (Å²) in [5.74, 6) is 1.65. The fourth-order valence-electron chi connectivity index (χ4n) is 2.03. The lowest BCUT2D eigenvalue weighted by Crippen LogP contribution is -2.04. The van der Waals surface area contributed by atoms with E-state index in [4.69, 9.17) is 10.00 Å². The maximum Gasteiger partial charge on any atom is 0.192 e. The van der Waals surface area contributed by atoms with Crippen LogP contribution in [0.5, 0.6) is 5.75 Å². The van der Waals surface area contributed by atoms with Crippen LogP contribution < -0.4 is 4.74 Å². The number of unbranched alkanes of at least 4 members (excludes halogenated alkanes) is 1. The number of hydrogen-bond donors (Lipinski definition) is 0. The average Bonchev–Trinajstić information content (AvgIpc) is 2.95. The topological polar surface area (TPSA) is 63.7 Å². The third-order valence-electron chi connectivity index (χ3n) is 3.26. The minimum atomic E-state index is -0.145. The van der Waals surface area contributed by atoms with Crippen LogP contribution in [0.2, 0.25) is 0 Å². The number of benzene rings is 1. The van der Waals surface area contributed by atoms with E-state index in [2.05, 4.69) is 27.8 Å². The van der Waals surface area contributed by atoms with E-state index >= 15 is 0 Å². The number of rotatable bonds is 7. The Bertz CT molecular complexity index is 645. The molecule has 5 nitrogen and oxygen atoms in total. The van der Waals surface area contributed by atoms with Crippen molar-refractivity contribution in [1.82, 2.24) is 14.8 Å². The normalized spacial score (nSPS) is 11.9. The highest BCUT2D eigenvalue weighted by Crippen LogP contribution is 2.28. The summed E-state index contributed by atoms with van der Waals surface area (Å²) in [6.07, 6.45) is 2.15. The Kier molecular flexibility index (Phi) is 5.84. The molecule has 0 saturated heterocycles. The van der Waals surface area contributed by atoms with Crippen LogP contribution in [0.1, 0.15) is 26.7 Å². The molecule has 116 valence electrons. The summed E-state index contributed by atoms with van der Waals surface area (Å²) in [7, 11) is 1.65. The quantitative estimate of drug-likeness (QED) is 0.728. The van der Waals surface area contributed by atoms with Crippen molar-refractivity contribution in [3.63, 3.8) is 0 Å². The molecule has 0 radical (unpaired) electrons. The number of ether oxygens (including phenoxy) is 1. The molecule has 1 heterocycles. The van der Waals surface area contributed by atoms with Crippen LogP contribution in [0.4, 0.5) is 0 Å². The fraction of sp³-hybridized carbons (Fsp3) is 0.438. The van der Waals surface area contributed by atoms with Gasteiger partial charge in [-0.05, 0) is 37.6 Å². The van der Waals surface area contributed by atoms with Gasteiger partial charge in [0, 0.05) is 12.1 Å². The van der Waals surface area contributed by atoms with Gasteiger partial charge in [0.1, 0.15) is 5.75 Å². The van der Waals surface area contributed by atoms with Crippen molar-refractivity contribution >= 4 is 11.8 Å². The van der Waals surface area contributed by atoms with Crippen LogP contribution >= 0.6 is 11.8 Å². The Morgan fingerprint density at radius 3 is 2.64 bits per heavy atom. The van der Waals surface area contributed by atoms with Crippen LogP contribution in [0, 0.1) is 11.3 Å². The van der Waals surface area contributed by atoms with Crippen molar-refractivity contribution in [3.8, 4) is 23.2 Å². The monoisotopic (exact) mass is 316 g/mol. The van der Waals surface area contributed by atoms with Gasteiger partial charge in [0.05, 0.1) is 18.4 Å². The molecule has 0 unspecified atom stereocenters. The average molecular weight is 316 g/mol. The number of aromatic nitrogens is 3. The first kappa shape index (κ1) is 16.4. The second-order valence-electron chi connectivity index (χ2n) is 4.93. The molecule has 0 aliphatic heterocycles. The molecule has 0 aliphatic carbocycles. The van der Waals surface area contributed by atoms with E-state index in [1.165, 1.54) is 11.8 Å². The molecule has 1 atom stereocenters. The molecule has 1 aromatic heterocycles. The van der Waals surface area contributed by atoms with Crippen molar-refractivity contribution in [3.05, 3.63) is 24.3 Å². The van der Waals surface area contributed by atoms with Gasteiger partial charge >= 0.3 is 0 Å². The Morgan fingerprint density at radius 2 is 2.05 bits per heavy atom. The molecule has 2 rings (SSSR count). The SMILES string of the molecule is CCCCn1c(S[C@@H](C)C#N)nnc1-c1ccc(OC)cc1. The third-order valence-corrected chi connectivity index (χ3v) is 4.24. The highest BCUT2D eigenvalue weighted by atomic mass is 32.2. The number of nitrogens with zero attached hydrogens (tertiary/aromatic N) is 4. The minimum Gasteiger partial charge on any atom is -0.497 e. The maximum absolute atomic E-state index is 9.00. The summed E-state index contributed by atoms with van der Waals surface area (Å²) < 4.78 is 7.29. The van der Waals surface area contributed by atoms with Gasteiger partial charge in [0.15, 0.2) is 11.0 Å². The molecule has 22 heavy (non-hydrogen) atoms. The van der Waals surface area contributed by atoms with Gasteiger partial charge in [-0.1, -0.05) is 25.1 Å². The highest BCUT2D eigenvalue weighted by Gasteiger charge is 2.16. The van der Waals surface area contributed by atoms with Gasteiger partial charge in [-0.3, -0.25) is 0 Å². The van der Waals surface area contributed by atoms with E-state index < -0.39 is 0 Å². The summed E-state index contributed by atoms with van der Waals surface area (Å²) >= 11 is 1.45. The van der Waals surface area contributed by atoms with Crippen LogP contribution in [-0.2, 0) is 6.54 Å². The zero-order valence-electron chi connectivity index (χ0n) is 13.1. The molecular weight excluding hydrogens is 296 g/mol. The van der Waals surface area contributed by atoms with E-state index in [1.807, 2.05) is 31.2 Å². The Labute approximate surface area is 135 Å². The van der Waals surface area contributed by atoms with Gasteiger partial charge in [0.25, 0.3) is 0 Å². The fourth-order valence-corrected chi connectivity index (χ4v) is 2.79. The molecule has 0 N–H and O–H groups in total. The predicted molar refractivity (Wildman–Crippen MR) is 87.9 cm³/mol. The second-order valence-corrected chi connectivity index (χ2v) is 6.24. The molecule has 1 aromatic carbocycles. The largest absolute Gasteiger partial charge is 0.497 e. The van der Waals surface area contributed by atoms with Crippen molar-refractivity contribution in [2.75, 3.05) is 7.11 Å². The van der Waals surface area contributed by atoms with E-state index in [0.717, 1.165) is 41.7 Å². The Morgan fingerprint density at radius 1 is 1.32 bits per heavy atom. The first-order chi connectivity index (χ1) is 10.7. The van der Waals surface area contributed by atoms with Crippen LogP contribution in [0.15, 0.2) is 29.4 Å². The molecular formula is C16H20N4OS. The molecule has 0 spiro atoms. The zero-order chi connectivity index (χ0) is 15.9. The molecule has 0 amide bonds. The summed E-state index contributed by atoms with van der Waals surface area (Å²) in [5.41, 5.74) is 1.00. The number of nitriles is 1. The van der Waals surface area contributed by atoms with Crippen molar-refractivity contribution < 1.29 is 4.74 Å². The molecule has 2 aromatic rings. The van der Waals surface area contributed by atoms with Gasteiger partial charge < -0.3 is 9.30 Å². The molecule has 6 heteroatoms. The smallest absolute Gasteiger partial charge is 0.192 e. The standard InChI is InChI=1S/C16H20N4OS/c1-4-5-10-20-15(13-6-8-14(21-3)9-7-13)18-19-16(20)22-12(2)11-17/h6-9,12H,4-5,10H2,1-3H3/t12-/m0/s1. The van der Waals surface area contributed by atoms with Crippen molar-refractivity contribution in [2.24, 2.45) is 0 Å². The van der Waals surface area contributed by atoms with Gasteiger partial charge in [-0.2, -0.15) is 5.26 Å². The Balaban J connectivity index is 2.34. The zero-order valence-corrected chi connectivity index (χ0v) is 13.9. The summed E-state index contributed by atoms with van der Waals surface area (Å²) in [4.78, 5) is 0. The number of hydrogen-bond acceptors (Lipinski definition) is 5. The van der Waals surface area contributed by atoms with Gasteiger partial charge in [-0.15, -0.1) is 10.2 Å². The molecule has 0 fully saturated rings. The lowest BCUT2D eigenvalue weighted by molar-refractivity contribution is 0.415. The van der Waals surface area contributed by atoms with Crippen LogP contribution in [0.25, 0.3) is 11.4 Å². The van der Waals surface area contributed by atoms with E-state index in [1.54, 1.807) is 7.11 Å². The van der Waals surface area contributed by atoms with E-state index in [0.29, 0.717) is 0 Å². The minimum absolute atomic E-state index is 0.145. The number of methoxy groups -OCH3 is 1.